The molecule has 2 aliphatic heterocycles. The molecular formula is C31H43N3O5. The molecule has 3 rings (SSSR count). The van der Waals surface area contributed by atoms with Gasteiger partial charge in [0.1, 0.15) is 12.1 Å². The van der Waals surface area contributed by atoms with Crippen LogP contribution in [0.3, 0.4) is 0 Å². The first-order chi connectivity index (χ1) is 18.9. The van der Waals surface area contributed by atoms with Crippen LogP contribution in [-0.2, 0) is 14.4 Å². The summed E-state index contributed by atoms with van der Waals surface area (Å²) in [6.07, 6.45) is 20.0. The number of allylic oxidation sites excluding steroid dienone is 2. The molecule has 2 aliphatic rings. The molecule has 2 atom stereocenters. The van der Waals surface area contributed by atoms with E-state index in [2.05, 4.69) is 29.7 Å². The molecule has 0 aliphatic carbocycles. The monoisotopic (exact) mass is 537 g/mol. The number of imide groups is 2. The van der Waals surface area contributed by atoms with Gasteiger partial charge >= 0.3 is 0 Å². The van der Waals surface area contributed by atoms with Gasteiger partial charge in [-0.15, -0.1) is 0 Å². The third kappa shape index (κ3) is 8.87. The Morgan fingerprint density at radius 1 is 0.821 bits per heavy atom. The van der Waals surface area contributed by atoms with Crippen molar-refractivity contribution in [2.45, 2.75) is 115 Å². The summed E-state index contributed by atoms with van der Waals surface area (Å²) in [6, 6.07) is 4.24. The van der Waals surface area contributed by atoms with E-state index in [9.17, 15) is 24.0 Å². The lowest BCUT2D eigenvalue weighted by molar-refractivity contribution is -0.140. The summed E-state index contributed by atoms with van der Waals surface area (Å²) in [4.78, 5) is 63.8. The van der Waals surface area contributed by atoms with Crippen LogP contribution in [0.1, 0.15) is 124 Å². The fraction of sp³-hybridized carbons (Fsp3) is 0.581. The second kappa shape index (κ2) is 16.0. The highest BCUT2D eigenvalue weighted by Crippen LogP contribution is 2.27. The maximum Gasteiger partial charge on any atom is 0.262 e. The summed E-state index contributed by atoms with van der Waals surface area (Å²) in [7, 11) is 0. The predicted octanol–water partition coefficient (Wildman–Crippen LogP) is 5.22. The van der Waals surface area contributed by atoms with E-state index in [4.69, 9.17) is 0 Å². The average molecular weight is 538 g/mol. The highest BCUT2D eigenvalue weighted by Gasteiger charge is 2.47. The van der Waals surface area contributed by atoms with Crippen LogP contribution in [0.2, 0.25) is 0 Å². The van der Waals surface area contributed by atoms with E-state index in [1.54, 1.807) is 12.1 Å². The molecule has 0 radical (unpaired) electrons. The highest BCUT2D eigenvalue weighted by molar-refractivity contribution is 6.23. The third-order valence-corrected chi connectivity index (χ3v) is 7.46. The number of hydrogen-bond acceptors (Lipinski definition) is 5. The van der Waals surface area contributed by atoms with Gasteiger partial charge in [0, 0.05) is 12.8 Å². The largest absolute Gasteiger partial charge is 0.344 e. The molecule has 1 aromatic carbocycles. The van der Waals surface area contributed by atoms with Gasteiger partial charge in [0.05, 0.1) is 11.1 Å². The number of fused-ring (bicyclic) bond motifs is 1. The van der Waals surface area contributed by atoms with Crippen molar-refractivity contribution < 1.29 is 24.0 Å². The maximum absolute atomic E-state index is 12.8. The minimum atomic E-state index is -1.15. The van der Waals surface area contributed by atoms with Crippen LogP contribution in [-0.4, -0.2) is 46.5 Å². The summed E-state index contributed by atoms with van der Waals surface area (Å²) >= 11 is 0. The predicted molar refractivity (Wildman–Crippen MR) is 150 cm³/mol. The maximum atomic E-state index is 12.8. The number of carbonyl (C=O) groups is 5. The Morgan fingerprint density at radius 2 is 1.36 bits per heavy atom. The lowest BCUT2D eigenvalue weighted by Crippen LogP contribution is -2.62. The van der Waals surface area contributed by atoms with Crippen molar-refractivity contribution in [3.8, 4) is 0 Å². The molecule has 0 aromatic heterocycles. The summed E-state index contributed by atoms with van der Waals surface area (Å²) in [6.45, 7) is 2.24. The zero-order chi connectivity index (χ0) is 28.0. The molecule has 2 unspecified atom stereocenters. The smallest absolute Gasteiger partial charge is 0.262 e. The summed E-state index contributed by atoms with van der Waals surface area (Å²) in [5, 5.41) is 4.89. The van der Waals surface area contributed by atoms with Crippen LogP contribution in [0.4, 0.5) is 0 Å². The minimum absolute atomic E-state index is 0.131. The second-order valence-electron chi connectivity index (χ2n) is 10.6. The Labute approximate surface area is 232 Å². The number of nitrogens with one attached hydrogen (secondary N) is 2. The number of carbonyl (C=O) groups excluding carboxylic acids is 5. The molecule has 2 N–H and O–H groups in total. The van der Waals surface area contributed by atoms with Crippen LogP contribution in [0.15, 0.2) is 36.4 Å². The van der Waals surface area contributed by atoms with Gasteiger partial charge in [-0.05, 0) is 44.2 Å². The fourth-order valence-electron chi connectivity index (χ4n) is 5.19. The summed E-state index contributed by atoms with van der Waals surface area (Å²) in [5.74, 6) is -2.74. The van der Waals surface area contributed by atoms with Crippen LogP contribution in [0.25, 0.3) is 0 Å². The van der Waals surface area contributed by atoms with Crippen LogP contribution in [0, 0.1) is 0 Å². The van der Waals surface area contributed by atoms with Gasteiger partial charge in [-0.1, -0.05) is 82.6 Å². The Kier molecular flexibility index (Phi) is 12.4. The zero-order valence-electron chi connectivity index (χ0n) is 23.2. The number of unbranched alkanes of at least 4 members (excludes halogenated alkanes) is 11. The van der Waals surface area contributed by atoms with Crippen molar-refractivity contribution in [2.75, 3.05) is 0 Å². The molecule has 5 amide bonds. The molecule has 39 heavy (non-hydrogen) atoms. The quantitative estimate of drug-likeness (QED) is 0.161. The number of nitrogens with zero attached hydrogens (tertiary/aromatic N) is 1. The van der Waals surface area contributed by atoms with Crippen molar-refractivity contribution in [3.05, 3.63) is 47.5 Å². The van der Waals surface area contributed by atoms with E-state index in [1.165, 1.54) is 57.1 Å². The van der Waals surface area contributed by atoms with E-state index in [0.29, 0.717) is 0 Å². The molecule has 0 saturated carbocycles. The topological polar surface area (TPSA) is 113 Å². The summed E-state index contributed by atoms with van der Waals surface area (Å²) in [5.41, 5.74) is 0.467. The molecule has 0 bridgehead atoms. The van der Waals surface area contributed by atoms with Gasteiger partial charge in [-0.3, -0.25) is 34.2 Å². The second-order valence-corrected chi connectivity index (χ2v) is 10.6. The van der Waals surface area contributed by atoms with Crippen molar-refractivity contribution in [2.24, 2.45) is 0 Å². The van der Waals surface area contributed by atoms with Crippen molar-refractivity contribution in [3.63, 3.8) is 0 Å². The molecule has 1 fully saturated rings. The van der Waals surface area contributed by atoms with Gasteiger partial charge in [0.25, 0.3) is 11.8 Å². The van der Waals surface area contributed by atoms with Crippen molar-refractivity contribution >= 4 is 29.5 Å². The Bertz CT molecular complexity index is 1020. The van der Waals surface area contributed by atoms with Crippen molar-refractivity contribution in [1.29, 1.82) is 0 Å². The van der Waals surface area contributed by atoms with Gasteiger partial charge < -0.3 is 5.32 Å². The first kappa shape index (κ1) is 30.3. The molecule has 8 nitrogen and oxygen atoms in total. The van der Waals surface area contributed by atoms with Gasteiger partial charge in [0.2, 0.25) is 17.7 Å². The van der Waals surface area contributed by atoms with Gasteiger partial charge in [0.15, 0.2) is 0 Å². The SMILES string of the molecule is CCCCCCCCC=CCCCCCCCC(=O)NC1CC(N2C(=O)c3ccccc3C2=O)C(=O)NC1=O. The van der Waals surface area contributed by atoms with E-state index in [-0.39, 0.29) is 29.9 Å². The molecule has 0 spiro atoms. The Morgan fingerprint density at radius 3 is 1.95 bits per heavy atom. The van der Waals surface area contributed by atoms with E-state index >= 15 is 0 Å². The fourth-order valence-corrected chi connectivity index (χ4v) is 5.19. The average Bonchev–Trinajstić information content (AvgIpc) is 3.17. The molecular weight excluding hydrogens is 494 g/mol. The van der Waals surface area contributed by atoms with Crippen LogP contribution >= 0.6 is 0 Å². The molecule has 2 heterocycles. The van der Waals surface area contributed by atoms with Crippen LogP contribution < -0.4 is 10.6 Å². The lowest BCUT2D eigenvalue weighted by atomic mass is 9.99. The first-order valence-corrected chi connectivity index (χ1v) is 14.7. The molecule has 1 saturated heterocycles. The highest BCUT2D eigenvalue weighted by atomic mass is 16.2. The third-order valence-electron chi connectivity index (χ3n) is 7.46. The number of hydrogen-bond donors (Lipinski definition) is 2. The molecule has 1 aromatic rings. The number of amides is 5. The minimum Gasteiger partial charge on any atom is -0.344 e. The lowest BCUT2D eigenvalue weighted by Gasteiger charge is -2.32. The van der Waals surface area contributed by atoms with E-state index < -0.39 is 35.7 Å². The normalized spacial score (nSPS) is 19.1. The number of benzene rings is 1. The van der Waals surface area contributed by atoms with E-state index in [1.807, 2.05) is 0 Å². The van der Waals surface area contributed by atoms with Gasteiger partial charge in [-0.25, -0.2) is 0 Å². The van der Waals surface area contributed by atoms with Crippen molar-refractivity contribution in [1.82, 2.24) is 15.5 Å². The number of rotatable bonds is 17. The molecule has 212 valence electrons. The first-order valence-electron chi connectivity index (χ1n) is 14.7. The molecule has 8 heteroatoms. The zero-order valence-corrected chi connectivity index (χ0v) is 23.2. The Hall–Kier alpha value is -3.29. The van der Waals surface area contributed by atoms with Crippen LogP contribution in [0.5, 0.6) is 0 Å². The summed E-state index contributed by atoms with van der Waals surface area (Å²) < 4.78 is 0. The van der Waals surface area contributed by atoms with E-state index in [0.717, 1.165) is 43.4 Å². The number of piperidine rings is 1. The van der Waals surface area contributed by atoms with Gasteiger partial charge in [-0.2, -0.15) is 0 Å². The Balaban J connectivity index is 1.29. The standard InChI is InChI=1S/C31H43N3O5/c1-2-3-4-5-6-7-8-9-10-11-12-13-14-15-16-21-27(35)32-25-22-26(29(37)33-28(25)36)34-30(38)23-19-17-18-20-24(23)31(34)39/h9-10,17-20,25-26H,2-8,11-16,21-22H2,1H3,(H,32,35)(H,33,36,37).